The summed E-state index contributed by atoms with van der Waals surface area (Å²) in [6, 6.07) is 8.06. The van der Waals surface area contributed by atoms with E-state index in [4.69, 9.17) is 5.11 Å². The summed E-state index contributed by atoms with van der Waals surface area (Å²) in [5.74, 6) is -0.569. The Labute approximate surface area is 88.5 Å². The molecule has 0 spiro atoms. The third kappa shape index (κ3) is 2.87. The molecule has 0 saturated heterocycles. The maximum absolute atomic E-state index is 11.7. The van der Waals surface area contributed by atoms with E-state index in [-0.39, 0.29) is 0 Å². The smallest absolute Gasteiger partial charge is 0.183 e. The highest BCUT2D eigenvalue weighted by Gasteiger charge is 2.28. The first kappa shape index (κ1) is 11.9. The number of aliphatic hydroxyl groups is 1. The van der Waals surface area contributed by atoms with Gasteiger partial charge < -0.3 is 5.11 Å². The van der Waals surface area contributed by atoms with E-state index in [0.717, 1.165) is 6.26 Å². The molecule has 0 aliphatic carbocycles. The Kier molecular flexibility index (Phi) is 3.60. The van der Waals surface area contributed by atoms with Gasteiger partial charge in [-0.25, -0.2) is 8.42 Å². The van der Waals surface area contributed by atoms with Gasteiger partial charge in [-0.15, -0.1) is 0 Å². The molecule has 5 heteroatoms. The molecule has 0 fully saturated rings. The van der Waals surface area contributed by atoms with Crippen LogP contribution < -0.4 is 0 Å². The van der Waals surface area contributed by atoms with Crippen LogP contribution in [0, 0.1) is 0 Å². The molecule has 0 heterocycles. The predicted molar refractivity (Wildman–Crippen MR) is 56.5 cm³/mol. The highest BCUT2D eigenvalue weighted by Crippen LogP contribution is 2.09. The van der Waals surface area contributed by atoms with Crippen molar-refractivity contribution in [3.05, 3.63) is 35.9 Å². The number of hydrogen-bond acceptors (Lipinski definition) is 4. The number of ketones is 1. The molecule has 0 aromatic heterocycles. The highest BCUT2D eigenvalue weighted by atomic mass is 32.2. The van der Waals surface area contributed by atoms with Crippen molar-refractivity contribution in [1.82, 2.24) is 0 Å². The van der Waals surface area contributed by atoms with Gasteiger partial charge in [0, 0.05) is 11.8 Å². The van der Waals surface area contributed by atoms with Crippen molar-refractivity contribution >= 4 is 15.6 Å². The zero-order valence-electron chi connectivity index (χ0n) is 8.25. The summed E-state index contributed by atoms with van der Waals surface area (Å²) in [5, 5.41) is 7.53. The van der Waals surface area contributed by atoms with Crippen molar-refractivity contribution < 1.29 is 18.3 Å². The molecular weight excluding hydrogens is 216 g/mol. The number of sulfone groups is 1. The quantitative estimate of drug-likeness (QED) is 0.751. The maximum atomic E-state index is 11.7. The zero-order valence-corrected chi connectivity index (χ0v) is 9.07. The van der Waals surface area contributed by atoms with Gasteiger partial charge in [0.05, 0.1) is 6.61 Å². The summed E-state index contributed by atoms with van der Waals surface area (Å²) in [6.45, 7) is -0.688. The van der Waals surface area contributed by atoms with Crippen LogP contribution in [0.25, 0.3) is 0 Å². The highest BCUT2D eigenvalue weighted by molar-refractivity contribution is 7.92. The van der Waals surface area contributed by atoms with Gasteiger partial charge in [-0.3, -0.25) is 4.79 Å². The lowest BCUT2D eigenvalue weighted by atomic mass is 10.1. The molecule has 1 rings (SSSR count). The van der Waals surface area contributed by atoms with E-state index >= 15 is 0 Å². The molecule has 1 atom stereocenters. The first-order valence-corrected chi connectivity index (χ1v) is 6.31. The van der Waals surface area contributed by atoms with Crippen molar-refractivity contribution in [2.75, 3.05) is 12.9 Å². The lowest BCUT2D eigenvalue weighted by Crippen LogP contribution is -2.33. The number of benzene rings is 1. The summed E-state index contributed by atoms with van der Waals surface area (Å²) in [5.41, 5.74) is 0.293. The second-order valence-corrected chi connectivity index (χ2v) is 5.46. The van der Waals surface area contributed by atoms with Gasteiger partial charge >= 0.3 is 0 Å². The molecule has 0 amide bonds. The van der Waals surface area contributed by atoms with Crippen LogP contribution >= 0.6 is 0 Å². The van der Waals surface area contributed by atoms with Crippen molar-refractivity contribution in [2.45, 2.75) is 5.25 Å². The van der Waals surface area contributed by atoms with Crippen LogP contribution in [0.15, 0.2) is 30.3 Å². The minimum Gasteiger partial charge on any atom is -0.395 e. The first-order chi connectivity index (χ1) is 6.96. The number of aliphatic hydroxyl groups excluding tert-OH is 1. The molecule has 0 bridgehead atoms. The lowest BCUT2D eigenvalue weighted by molar-refractivity contribution is 0.0962. The fourth-order valence-electron chi connectivity index (χ4n) is 1.20. The third-order valence-electron chi connectivity index (χ3n) is 2.03. The van der Waals surface area contributed by atoms with E-state index in [0.29, 0.717) is 5.56 Å². The molecule has 0 aliphatic heterocycles. The Hall–Kier alpha value is -1.20. The average molecular weight is 228 g/mol. The summed E-state index contributed by atoms with van der Waals surface area (Å²) in [4.78, 5) is 11.7. The number of carbonyl (C=O) groups is 1. The van der Waals surface area contributed by atoms with Gasteiger partial charge in [-0.2, -0.15) is 0 Å². The maximum Gasteiger partial charge on any atom is 0.183 e. The van der Waals surface area contributed by atoms with Crippen LogP contribution in [0.1, 0.15) is 10.4 Å². The molecule has 0 aliphatic rings. The third-order valence-corrected chi connectivity index (χ3v) is 3.43. The minimum absolute atomic E-state index is 0.293. The zero-order chi connectivity index (χ0) is 11.5. The van der Waals surface area contributed by atoms with Crippen LogP contribution in [0.3, 0.4) is 0 Å². The molecule has 1 aromatic carbocycles. The van der Waals surface area contributed by atoms with Gasteiger partial charge in [0.1, 0.15) is 5.25 Å². The molecular formula is C10H12O4S. The number of Topliss-reactive ketones (excluding diaryl/α,β-unsaturated/α-hetero) is 1. The predicted octanol–water partition coefficient (Wildman–Crippen LogP) is 0.275. The van der Waals surface area contributed by atoms with E-state index in [1.807, 2.05) is 0 Å². The van der Waals surface area contributed by atoms with Gasteiger partial charge in [0.25, 0.3) is 0 Å². The van der Waals surface area contributed by atoms with E-state index < -0.39 is 27.5 Å². The summed E-state index contributed by atoms with van der Waals surface area (Å²) in [7, 11) is -3.56. The molecule has 1 unspecified atom stereocenters. The van der Waals surface area contributed by atoms with E-state index in [1.54, 1.807) is 18.2 Å². The van der Waals surface area contributed by atoms with Crippen LogP contribution in [-0.4, -0.2) is 37.4 Å². The normalized spacial score (nSPS) is 13.5. The fraction of sp³-hybridized carbons (Fsp3) is 0.300. The van der Waals surface area contributed by atoms with Gasteiger partial charge in [-0.05, 0) is 0 Å². The molecule has 82 valence electrons. The SMILES string of the molecule is CS(=O)(=O)C(CO)C(=O)c1ccccc1. The molecule has 4 nitrogen and oxygen atoms in total. The number of hydrogen-bond donors (Lipinski definition) is 1. The van der Waals surface area contributed by atoms with E-state index in [2.05, 4.69) is 0 Å². The fourth-order valence-corrected chi connectivity index (χ4v) is 2.00. The topological polar surface area (TPSA) is 71.4 Å². The van der Waals surface area contributed by atoms with Gasteiger partial charge in [0.2, 0.25) is 0 Å². The van der Waals surface area contributed by atoms with E-state index in [9.17, 15) is 13.2 Å². The summed E-state index contributed by atoms with van der Waals surface area (Å²) < 4.78 is 22.4. The Bertz CT molecular complexity index is 436. The van der Waals surface area contributed by atoms with Crippen molar-refractivity contribution in [2.24, 2.45) is 0 Å². The second kappa shape index (κ2) is 4.55. The van der Waals surface area contributed by atoms with Gasteiger partial charge in [0.15, 0.2) is 15.6 Å². The van der Waals surface area contributed by atoms with Crippen molar-refractivity contribution in [3.8, 4) is 0 Å². The molecule has 15 heavy (non-hydrogen) atoms. The van der Waals surface area contributed by atoms with Gasteiger partial charge in [-0.1, -0.05) is 30.3 Å². The average Bonchev–Trinajstić information content (AvgIpc) is 2.18. The Morgan fingerprint density at radius 2 is 1.87 bits per heavy atom. The molecule has 0 saturated carbocycles. The Morgan fingerprint density at radius 1 is 1.33 bits per heavy atom. The Balaban J connectivity index is 3.04. The van der Waals surface area contributed by atoms with Crippen LogP contribution in [0.4, 0.5) is 0 Å². The standard InChI is InChI=1S/C10H12O4S/c1-15(13,14)9(7-11)10(12)8-5-3-2-4-6-8/h2-6,9,11H,7H2,1H3. The monoisotopic (exact) mass is 228 g/mol. The first-order valence-electron chi connectivity index (χ1n) is 4.36. The van der Waals surface area contributed by atoms with Crippen LogP contribution in [0.5, 0.6) is 0 Å². The van der Waals surface area contributed by atoms with Crippen LogP contribution in [0.2, 0.25) is 0 Å². The minimum atomic E-state index is -3.56. The second-order valence-electron chi connectivity index (χ2n) is 3.23. The number of carbonyl (C=O) groups excluding carboxylic acids is 1. The molecule has 0 radical (unpaired) electrons. The van der Waals surface area contributed by atoms with E-state index in [1.165, 1.54) is 12.1 Å². The van der Waals surface area contributed by atoms with Crippen molar-refractivity contribution in [1.29, 1.82) is 0 Å². The summed E-state index contributed by atoms with van der Waals surface area (Å²) in [6.07, 6.45) is 0.939. The van der Waals surface area contributed by atoms with Crippen molar-refractivity contribution in [3.63, 3.8) is 0 Å². The Morgan fingerprint density at radius 3 is 2.27 bits per heavy atom. The number of rotatable bonds is 4. The molecule has 1 N–H and O–H groups in total. The summed E-state index contributed by atoms with van der Waals surface area (Å²) >= 11 is 0. The molecule has 1 aromatic rings. The lowest BCUT2D eigenvalue weighted by Gasteiger charge is -2.10. The largest absolute Gasteiger partial charge is 0.395 e. The van der Waals surface area contributed by atoms with Crippen LogP contribution in [-0.2, 0) is 9.84 Å².